The monoisotopic (exact) mass is 269 g/mol. The van der Waals surface area contributed by atoms with E-state index in [-0.39, 0.29) is 11.9 Å². The first-order valence-electron chi connectivity index (χ1n) is 6.62. The maximum absolute atomic E-state index is 12.2. The molecule has 0 aliphatic rings. The Morgan fingerprint density at radius 1 is 1.25 bits per heavy atom. The minimum absolute atomic E-state index is 0.0325. The fraction of sp³-hybridized carbons (Fsp3) is 0.250. The Morgan fingerprint density at radius 2 is 2.00 bits per heavy atom. The molecule has 20 heavy (non-hydrogen) atoms. The fourth-order valence-electron chi connectivity index (χ4n) is 2.14. The van der Waals surface area contributed by atoms with Crippen LogP contribution in [0.2, 0.25) is 0 Å². The third-order valence-corrected chi connectivity index (χ3v) is 3.28. The number of aryl methyl sites for hydroxylation is 1. The van der Waals surface area contributed by atoms with Crippen LogP contribution in [0, 0.1) is 6.92 Å². The predicted octanol–water partition coefficient (Wildman–Crippen LogP) is 2.92. The molecule has 0 saturated carbocycles. The van der Waals surface area contributed by atoms with Crippen LogP contribution in [0.25, 0.3) is 0 Å². The number of amides is 1. The van der Waals surface area contributed by atoms with Gasteiger partial charge in [0.15, 0.2) is 0 Å². The van der Waals surface area contributed by atoms with Crippen molar-refractivity contribution >= 4 is 11.7 Å². The second-order valence-corrected chi connectivity index (χ2v) is 4.73. The van der Waals surface area contributed by atoms with Gasteiger partial charge in [-0.25, -0.2) is 4.98 Å². The number of hydrogen-bond donors (Lipinski definition) is 2. The Balaban J connectivity index is 2.13. The molecule has 0 aliphatic heterocycles. The molecule has 1 unspecified atom stereocenters. The molecule has 0 fully saturated rings. The summed E-state index contributed by atoms with van der Waals surface area (Å²) >= 11 is 0. The minimum atomic E-state index is -0.0975. The molecule has 2 aromatic rings. The lowest BCUT2D eigenvalue weighted by Gasteiger charge is -2.16. The maximum atomic E-state index is 12.2. The first-order valence-corrected chi connectivity index (χ1v) is 6.62. The fourth-order valence-corrected chi connectivity index (χ4v) is 2.14. The van der Waals surface area contributed by atoms with Crippen molar-refractivity contribution in [1.82, 2.24) is 10.3 Å². The van der Waals surface area contributed by atoms with Crippen LogP contribution in [0.1, 0.15) is 34.5 Å². The van der Waals surface area contributed by atoms with Crippen molar-refractivity contribution in [3.8, 4) is 0 Å². The van der Waals surface area contributed by atoms with E-state index in [0.717, 1.165) is 5.56 Å². The van der Waals surface area contributed by atoms with Gasteiger partial charge in [-0.2, -0.15) is 0 Å². The lowest BCUT2D eigenvalue weighted by molar-refractivity contribution is 0.0940. The van der Waals surface area contributed by atoms with Gasteiger partial charge in [0.1, 0.15) is 5.82 Å². The van der Waals surface area contributed by atoms with Crippen LogP contribution in [-0.2, 0) is 0 Å². The zero-order valence-corrected chi connectivity index (χ0v) is 12.0. The molecule has 4 nitrogen and oxygen atoms in total. The van der Waals surface area contributed by atoms with Crippen molar-refractivity contribution in [3.63, 3.8) is 0 Å². The Hall–Kier alpha value is -2.36. The number of benzene rings is 1. The van der Waals surface area contributed by atoms with E-state index in [4.69, 9.17) is 0 Å². The second kappa shape index (κ2) is 6.19. The topological polar surface area (TPSA) is 54.0 Å². The lowest BCUT2D eigenvalue weighted by atomic mass is 10.0. The Kier molecular flexibility index (Phi) is 4.35. The van der Waals surface area contributed by atoms with Gasteiger partial charge in [0, 0.05) is 18.8 Å². The van der Waals surface area contributed by atoms with Crippen molar-refractivity contribution in [2.24, 2.45) is 0 Å². The number of hydrogen-bond acceptors (Lipinski definition) is 3. The van der Waals surface area contributed by atoms with E-state index in [1.54, 1.807) is 25.4 Å². The van der Waals surface area contributed by atoms with Crippen LogP contribution in [0.15, 0.2) is 42.6 Å². The van der Waals surface area contributed by atoms with Crippen LogP contribution in [0.5, 0.6) is 0 Å². The molecule has 2 N–H and O–H groups in total. The van der Waals surface area contributed by atoms with Gasteiger partial charge in [-0.3, -0.25) is 4.79 Å². The molecule has 0 spiro atoms. The number of aromatic nitrogens is 1. The van der Waals surface area contributed by atoms with E-state index in [0.29, 0.717) is 11.4 Å². The van der Waals surface area contributed by atoms with Gasteiger partial charge in [-0.15, -0.1) is 0 Å². The Morgan fingerprint density at radius 3 is 2.70 bits per heavy atom. The number of nitrogens with zero attached hydrogens (tertiary/aromatic N) is 1. The van der Waals surface area contributed by atoms with Crippen molar-refractivity contribution < 1.29 is 4.79 Å². The van der Waals surface area contributed by atoms with Crippen LogP contribution in [0.4, 0.5) is 5.82 Å². The molecular formula is C16H19N3O. The van der Waals surface area contributed by atoms with Gasteiger partial charge in [0.2, 0.25) is 0 Å². The molecule has 0 radical (unpaired) electrons. The quantitative estimate of drug-likeness (QED) is 0.897. The lowest BCUT2D eigenvalue weighted by Crippen LogP contribution is -2.27. The van der Waals surface area contributed by atoms with Gasteiger partial charge < -0.3 is 10.6 Å². The molecule has 0 saturated heterocycles. The summed E-state index contributed by atoms with van der Waals surface area (Å²) < 4.78 is 0. The molecule has 1 heterocycles. The molecule has 1 aromatic heterocycles. The zero-order chi connectivity index (χ0) is 14.5. The minimum Gasteiger partial charge on any atom is -0.373 e. The van der Waals surface area contributed by atoms with Crippen molar-refractivity contribution in [3.05, 3.63) is 59.3 Å². The summed E-state index contributed by atoms with van der Waals surface area (Å²) in [5.41, 5.74) is 2.90. The molecule has 0 bridgehead atoms. The van der Waals surface area contributed by atoms with Gasteiger partial charge in [-0.05, 0) is 37.1 Å². The summed E-state index contributed by atoms with van der Waals surface area (Å²) in [5.74, 6) is 0.584. The van der Waals surface area contributed by atoms with Crippen LogP contribution in [-0.4, -0.2) is 17.9 Å². The number of carbonyl (C=O) groups is 1. The molecule has 1 amide bonds. The second-order valence-electron chi connectivity index (χ2n) is 4.73. The van der Waals surface area contributed by atoms with E-state index in [9.17, 15) is 4.79 Å². The SMILES string of the molecule is CNc1cc(C(=O)NC(C)c2ccccc2C)ccn1. The molecule has 1 atom stereocenters. The van der Waals surface area contributed by atoms with E-state index in [2.05, 4.69) is 15.6 Å². The highest BCUT2D eigenvalue weighted by Gasteiger charge is 2.13. The van der Waals surface area contributed by atoms with E-state index >= 15 is 0 Å². The highest BCUT2D eigenvalue weighted by atomic mass is 16.1. The van der Waals surface area contributed by atoms with Gasteiger partial charge >= 0.3 is 0 Å². The number of pyridine rings is 1. The van der Waals surface area contributed by atoms with Gasteiger partial charge in [0.25, 0.3) is 5.91 Å². The summed E-state index contributed by atoms with van der Waals surface area (Å²) in [5, 5.41) is 5.94. The summed E-state index contributed by atoms with van der Waals surface area (Å²) in [6.07, 6.45) is 1.62. The normalized spacial score (nSPS) is 11.8. The summed E-state index contributed by atoms with van der Waals surface area (Å²) in [6, 6.07) is 11.5. The van der Waals surface area contributed by atoms with E-state index in [1.165, 1.54) is 5.56 Å². The predicted molar refractivity (Wildman–Crippen MR) is 80.8 cm³/mol. The number of rotatable bonds is 4. The van der Waals surface area contributed by atoms with Crippen LogP contribution >= 0.6 is 0 Å². The molecule has 104 valence electrons. The average molecular weight is 269 g/mol. The average Bonchev–Trinajstić information content (AvgIpc) is 2.47. The van der Waals surface area contributed by atoms with Crippen LogP contribution < -0.4 is 10.6 Å². The first-order chi connectivity index (χ1) is 9.61. The molecular weight excluding hydrogens is 250 g/mol. The molecule has 4 heteroatoms. The third kappa shape index (κ3) is 3.15. The van der Waals surface area contributed by atoms with Gasteiger partial charge in [-0.1, -0.05) is 24.3 Å². The summed E-state index contributed by atoms with van der Waals surface area (Å²) in [7, 11) is 1.78. The van der Waals surface area contributed by atoms with E-state index < -0.39 is 0 Å². The standard InChI is InChI=1S/C16H19N3O/c1-11-6-4-5-7-14(11)12(2)19-16(20)13-8-9-18-15(10-13)17-3/h4-10,12H,1-3H3,(H,17,18)(H,19,20). The third-order valence-electron chi connectivity index (χ3n) is 3.28. The first kappa shape index (κ1) is 14.1. The Labute approximate surface area is 119 Å². The molecule has 1 aromatic carbocycles. The van der Waals surface area contributed by atoms with Gasteiger partial charge in [0.05, 0.1) is 6.04 Å². The summed E-state index contributed by atoms with van der Waals surface area (Å²) in [6.45, 7) is 4.03. The highest BCUT2D eigenvalue weighted by Crippen LogP contribution is 2.17. The number of carbonyl (C=O) groups excluding carboxylic acids is 1. The van der Waals surface area contributed by atoms with Crippen LogP contribution in [0.3, 0.4) is 0 Å². The van der Waals surface area contributed by atoms with Crippen molar-refractivity contribution in [2.45, 2.75) is 19.9 Å². The van der Waals surface area contributed by atoms with Crippen molar-refractivity contribution in [2.75, 3.05) is 12.4 Å². The highest BCUT2D eigenvalue weighted by molar-refractivity contribution is 5.95. The zero-order valence-electron chi connectivity index (χ0n) is 12.0. The Bertz CT molecular complexity index is 610. The summed E-state index contributed by atoms with van der Waals surface area (Å²) in [4.78, 5) is 16.3. The van der Waals surface area contributed by atoms with E-state index in [1.807, 2.05) is 38.1 Å². The number of anilines is 1. The largest absolute Gasteiger partial charge is 0.373 e. The maximum Gasteiger partial charge on any atom is 0.251 e. The smallest absolute Gasteiger partial charge is 0.251 e. The molecule has 2 rings (SSSR count). The molecule has 0 aliphatic carbocycles. The van der Waals surface area contributed by atoms with Crippen molar-refractivity contribution in [1.29, 1.82) is 0 Å². The number of nitrogens with one attached hydrogen (secondary N) is 2.